The van der Waals surface area contributed by atoms with E-state index in [1.165, 1.54) is 19.4 Å². The van der Waals surface area contributed by atoms with Crippen LogP contribution in [0, 0.1) is 12.8 Å². The molecule has 0 spiro atoms. The molecule has 1 aliphatic rings. The minimum absolute atomic E-state index is 0.885. The van der Waals surface area contributed by atoms with E-state index < -0.39 is 0 Å². The van der Waals surface area contributed by atoms with Gasteiger partial charge in [0.1, 0.15) is 0 Å². The Morgan fingerprint density at radius 3 is 2.71 bits per heavy atom. The Morgan fingerprint density at radius 2 is 2.29 bits per heavy atom. The second-order valence-corrected chi connectivity index (χ2v) is 2.15. The van der Waals surface area contributed by atoms with E-state index in [0.29, 0.717) is 0 Å². The summed E-state index contributed by atoms with van der Waals surface area (Å²) in [5.74, 6) is 1.00. The lowest BCUT2D eigenvalue weighted by molar-refractivity contribution is 0.682. The molecule has 1 saturated carbocycles. The van der Waals surface area contributed by atoms with Crippen molar-refractivity contribution in [1.82, 2.24) is 5.32 Å². The van der Waals surface area contributed by atoms with Crippen molar-refractivity contribution in [3.05, 3.63) is 6.92 Å². The molecule has 1 fully saturated rings. The van der Waals surface area contributed by atoms with Crippen LogP contribution < -0.4 is 5.32 Å². The summed E-state index contributed by atoms with van der Waals surface area (Å²) in [7, 11) is 0. The Balaban J connectivity index is 1.80. The molecule has 7 heavy (non-hydrogen) atoms. The third-order valence-corrected chi connectivity index (χ3v) is 1.31. The molecule has 0 heterocycles. The molecule has 1 aliphatic carbocycles. The van der Waals surface area contributed by atoms with Crippen LogP contribution in [0.5, 0.6) is 0 Å². The number of hydrogen-bond acceptors (Lipinski definition) is 1. The molecule has 0 aromatic rings. The standard InChI is InChI=1S/C6H12N/c1-2-7-5-6-3-4-6/h6-7H,1-5H2. The Hall–Kier alpha value is -0.0400. The van der Waals surface area contributed by atoms with E-state index in [1.54, 1.807) is 0 Å². The first kappa shape index (κ1) is 5.10. The van der Waals surface area contributed by atoms with Gasteiger partial charge in [0.05, 0.1) is 0 Å². The summed E-state index contributed by atoms with van der Waals surface area (Å²) in [5, 5.41) is 3.20. The topological polar surface area (TPSA) is 12.0 Å². The maximum absolute atomic E-state index is 3.67. The van der Waals surface area contributed by atoms with Gasteiger partial charge in [-0.15, -0.1) is 0 Å². The highest BCUT2D eigenvalue weighted by Gasteiger charge is 2.19. The van der Waals surface area contributed by atoms with Gasteiger partial charge in [0.15, 0.2) is 0 Å². The molecule has 1 N–H and O–H groups in total. The Morgan fingerprint density at radius 1 is 1.57 bits per heavy atom. The molecular weight excluding hydrogens is 86.1 g/mol. The highest BCUT2D eigenvalue weighted by atomic mass is 14.9. The second-order valence-electron chi connectivity index (χ2n) is 2.15. The predicted molar refractivity (Wildman–Crippen MR) is 31.0 cm³/mol. The van der Waals surface area contributed by atoms with Gasteiger partial charge in [-0.3, -0.25) is 0 Å². The quantitative estimate of drug-likeness (QED) is 0.551. The Labute approximate surface area is 45.1 Å². The van der Waals surface area contributed by atoms with Crippen molar-refractivity contribution < 1.29 is 0 Å². The average molecular weight is 98.2 g/mol. The van der Waals surface area contributed by atoms with E-state index in [1.807, 2.05) is 0 Å². The Kier molecular flexibility index (Phi) is 1.69. The Bertz CT molecular complexity index is 48.1. The van der Waals surface area contributed by atoms with Crippen molar-refractivity contribution in [2.45, 2.75) is 12.8 Å². The number of hydrogen-bond donors (Lipinski definition) is 1. The summed E-state index contributed by atoms with van der Waals surface area (Å²) < 4.78 is 0. The zero-order valence-corrected chi connectivity index (χ0v) is 4.61. The predicted octanol–water partition coefficient (Wildman–Crippen LogP) is 0.820. The average Bonchev–Trinajstić information content (AvgIpc) is 2.42. The van der Waals surface area contributed by atoms with E-state index >= 15 is 0 Å². The largest absolute Gasteiger partial charge is 0.316 e. The minimum atomic E-state index is 0.885. The van der Waals surface area contributed by atoms with Crippen molar-refractivity contribution in [2.24, 2.45) is 5.92 Å². The van der Waals surface area contributed by atoms with Gasteiger partial charge in [0, 0.05) is 0 Å². The monoisotopic (exact) mass is 98.1 g/mol. The zero-order chi connectivity index (χ0) is 5.11. The van der Waals surface area contributed by atoms with Crippen LogP contribution in [0.15, 0.2) is 0 Å². The van der Waals surface area contributed by atoms with Crippen LogP contribution in [0.3, 0.4) is 0 Å². The smallest absolute Gasteiger partial charge is 0.00205 e. The van der Waals surface area contributed by atoms with E-state index in [9.17, 15) is 0 Å². The summed E-state index contributed by atoms with van der Waals surface area (Å²) in [6, 6.07) is 0. The summed E-state index contributed by atoms with van der Waals surface area (Å²) in [4.78, 5) is 0. The van der Waals surface area contributed by atoms with E-state index in [4.69, 9.17) is 0 Å². The number of nitrogens with one attached hydrogen (secondary N) is 1. The van der Waals surface area contributed by atoms with Gasteiger partial charge in [-0.2, -0.15) is 0 Å². The molecule has 0 saturated heterocycles. The van der Waals surface area contributed by atoms with E-state index in [-0.39, 0.29) is 0 Å². The third kappa shape index (κ3) is 1.93. The van der Waals surface area contributed by atoms with Crippen LogP contribution in [-0.4, -0.2) is 13.1 Å². The van der Waals surface area contributed by atoms with Crippen LogP contribution in [0.4, 0.5) is 0 Å². The molecule has 0 aliphatic heterocycles. The second kappa shape index (κ2) is 2.31. The van der Waals surface area contributed by atoms with E-state index in [2.05, 4.69) is 12.2 Å². The summed E-state index contributed by atoms with van der Waals surface area (Å²) in [6.45, 7) is 5.76. The first-order valence-electron chi connectivity index (χ1n) is 2.93. The van der Waals surface area contributed by atoms with Gasteiger partial charge >= 0.3 is 0 Å². The fraction of sp³-hybridized carbons (Fsp3) is 0.833. The van der Waals surface area contributed by atoms with Gasteiger partial charge in [-0.25, -0.2) is 0 Å². The van der Waals surface area contributed by atoms with Gasteiger partial charge in [0.2, 0.25) is 0 Å². The van der Waals surface area contributed by atoms with Gasteiger partial charge in [-0.05, 0) is 38.8 Å². The molecule has 0 bridgehead atoms. The summed E-state index contributed by atoms with van der Waals surface area (Å²) in [5.41, 5.74) is 0. The summed E-state index contributed by atoms with van der Waals surface area (Å²) in [6.07, 6.45) is 2.88. The first-order chi connectivity index (χ1) is 3.43. The fourth-order valence-electron chi connectivity index (χ4n) is 0.628. The lowest BCUT2D eigenvalue weighted by Gasteiger charge is -1.93. The van der Waals surface area contributed by atoms with Gasteiger partial charge < -0.3 is 5.32 Å². The van der Waals surface area contributed by atoms with Gasteiger partial charge in [0.25, 0.3) is 0 Å². The SMILES string of the molecule is [CH2]CNCC1CC1. The molecular formula is C6H12N. The molecule has 0 unspecified atom stereocenters. The van der Waals surface area contributed by atoms with E-state index in [0.717, 1.165) is 12.5 Å². The highest BCUT2D eigenvalue weighted by molar-refractivity contribution is 4.74. The summed E-state index contributed by atoms with van der Waals surface area (Å²) >= 11 is 0. The fourth-order valence-corrected chi connectivity index (χ4v) is 0.628. The molecule has 1 heteroatoms. The van der Waals surface area contributed by atoms with Crippen LogP contribution in [0.25, 0.3) is 0 Å². The molecule has 1 radical (unpaired) electrons. The van der Waals surface area contributed by atoms with Crippen LogP contribution in [0.1, 0.15) is 12.8 Å². The zero-order valence-electron chi connectivity index (χ0n) is 4.61. The van der Waals surface area contributed by atoms with Crippen molar-refractivity contribution in [3.63, 3.8) is 0 Å². The molecule has 0 aromatic heterocycles. The number of rotatable bonds is 3. The lowest BCUT2D eigenvalue weighted by Crippen LogP contribution is -2.15. The van der Waals surface area contributed by atoms with Crippen molar-refractivity contribution in [2.75, 3.05) is 13.1 Å². The molecule has 41 valence electrons. The van der Waals surface area contributed by atoms with Crippen LogP contribution in [-0.2, 0) is 0 Å². The third-order valence-electron chi connectivity index (χ3n) is 1.31. The van der Waals surface area contributed by atoms with Crippen molar-refractivity contribution in [3.8, 4) is 0 Å². The maximum atomic E-state index is 3.67. The van der Waals surface area contributed by atoms with Crippen molar-refractivity contribution >= 4 is 0 Å². The minimum Gasteiger partial charge on any atom is -0.316 e. The molecule has 1 rings (SSSR count). The lowest BCUT2D eigenvalue weighted by atomic mass is 10.4. The first-order valence-corrected chi connectivity index (χ1v) is 2.93. The maximum Gasteiger partial charge on any atom is -0.00205 e. The molecule has 0 aromatic carbocycles. The molecule has 0 atom stereocenters. The molecule has 0 amide bonds. The van der Waals surface area contributed by atoms with Gasteiger partial charge in [-0.1, -0.05) is 0 Å². The van der Waals surface area contributed by atoms with Crippen LogP contribution in [0.2, 0.25) is 0 Å². The van der Waals surface area contributed by atoms with Crippen LogP contribution >= 0.6 is 0 Å². The van der Waals surface area contributed by atoms with Crippen molar-refractivity contribution in [1.29, 1.82) is 0 Å². The molecule has 1 nitrogen and oxygen atoms in total. The highest BCUT2D eigenvalue weighted by Crippen LogP contribution is 2.27. The normalized spacial score (nSPS) is 20.1.